The molecule has 2 fully saturated rings. The van der Waals surface area contributed by atoms with Crippen LogP contribution in [0.4, 0.5) is 0 Å². The molecule has 0 amide bonds. The second-order valence-electron chi connectivity index (χ2n) is 7.44. The molecule has 1 saturated heterocycles. The number of hydrogen-bond donors (Lipinski definition) is 2. The average Bonchev–Trinajstić information content (AvgIpc) is 2.53. The fourth-order valence-electron chi connectivity index (χ4n) is 4.60. The van der Waals surface area contributed by atoms with Crippen LogP contribution in [0.1, 0.15) is 73.1 Å². The fraction of sp³-hybridized carbons (Fsp3) is 0.722. The summed E-state index contributed by atoms with van der Waals surface area (Å²) in [6.07, 6.45) is 7.10. The minimum Gasteiger partial charge on any atom is -0.392 e. The molecule has 1 spiro atoms. The summed E-state index contributed by atoms with van der Waals surface area (Å²) in [6.45, 7) is 1.55. The molecule has 0 bridgehead atoms. The van der Waals surface area contributed by atoms with Gasteiger partial charge in [-0.3, -0.25) is 4.98 Å². The van der Waals surface area contributed by atoms with Crippen LogP contribution >= 0.6 is 22.6 Å². The maximum atomic E-state index is 10.7. The van der Waals surface area contributed by atoms with Crippen LogP contribution in [0.3, 0.4) is 0 Å². The quantitative estimate of drug-likeness (QED) is 0.709. The minimum atomic E-state index is -0.424. The molecule has 1 atom stereocenters. The lowest BCUT2D eigenvalue weighted by Gasteiger charge is -2.47. The van der Waals surface area contributed by atoms with Gasteiger partial charge in [0.1, 0.15) is 0 Å². The first-order valence-electron chi connectivity index (χ1n) is 8.71. The zero-order valence-electron chi connectivity index (χ0n) is 13.4. The SMILES string of the molecule is OCc1c(C2CCOCC2)nc2c(c1I)[C@@H](O)CC1(CCC1)C2. The highest BCUT2D eigenvalue weighted by Gasteiger charge is 2.45. The Hall–Kier alpha value is -0.240. The maximum absolute atomic E-state index is 10.7. The Bertz CT molecular complexity index is 609. The molecule has 5 heteroatoms. The molecule has 0 unspecified atom stereocenters. The van der Waals surface area contributed by atoms with Crippen molar-refractivity contribution in [3.63, 3.8) is 0 Å². The van der Waals surface area contributed by atoms with Gasteiger partial charge >= 0.3 is 0 Å². The molecule has 1 aromatic rings. The molecule has 4 rings (SSSR count). The van der Waals surface area contributed by atoms with Gasteiger partial charge in [-0.1, -0.05) is 6.42 Å². The van der Waals surface area contributed by atoms with Gasteiger partial charge in [-0.05, 0) is 66.5 Å². The molecular weight excluding hydrogens is 405 g/mol. The van der Waals surface area contributed by atoms with Gasteiger partial charge in [0, 0.05) is 39.5 Å². The number of aromatic nitrogens is 1. The second-order valence-corrected chi connectivity index (χ2v) is 8.52. The van der Waals surface area contributed by atoms with E-state index in [9.17, 15) is 10.2 Å². The van der Waals surface area contributed by atoms with Gasteiger partial charge in [0.2, 0.25) is 0 Å². The van der Waals surface area contributed by atoms with Crippen molar-refractivity contribution >= 4 is 22.6 Å². The maximum Gasteiger partial charge on any atom is 0.0823 e. The third-order valence-corrected chi connectivity index (χ3v) is 7.29. The van der Waals surface area contributed by atoms with E-state index in [1.165, 1.54) is 19.3 Å². The molecule has 1 aromatic heterocycles. The van der Waals surface area contributed by atoms with Crippen molar-refractivity contribution in [1.82, 2.24) is 4.98 Å². The fourth-order valence-corrected chi connectivity index (χ4v) is 5.72. The van der Waals surface area contributed by atoms with Crippen LogP contribution in [0.15, 0.2) is 0 Å². The average molecular weight is 429 g/mol. The number of hydrogen-bond acceptors (Lipinski definition) is 4. The summed E-state index contributed by atoms with van der Waals surface area (Å²) in [5.41, 5.74) is 4.35. The molecule has 2 heterocycles. The normalized spacial score (nSPS) is 26.8. The van der Waals surface area contributed by atoms with Crippen molar-refractivity contribution < 1.29 is 14.9 Å². The van der Waals surface area contributed by atoms with Gasteiger partial charge in [-0.25, -0.2) is 0 Å². The molecule has 0 aromatic carbocycles. The molecule has 1 aliphatic heterocycles. The summed E-state index contributed by atoms with van der Waals surface area (Å²) in [4.78, 5) is 5.02. The number of aliphatic hydroxyl groups excluding tert-OH is 2. The minimum absolute atomic E-state index is 0.00308. The van der Waals surface area contributed by atoms with Gasteiger partial charge in [0.05, 0.1) is 18.4 Å². The lowest BCUT2D eigenvalue weighted by atomic mass is 9.60. The Balaban J connectivity index is 1.78. The predicted octanol–water partition coefficient (Wildman–Crippen LogP) is 3.22. The van der Waals surface area contributed by atoms with E-state index in [-0.39, 0.29) is 12.0 Å². The highest BCUT2D eigenvalue weighted by Crippen LogP contribution is 2.54. The van der Waals surface area contributed by atoms with Crippen molar-refractivity contribution in [3.05, 3.63) is 26.1 Å². The van der Waals surface area contributed by atoms with Crippen molar-refractivity contribution in [2.45, 2.75) is 63.6 Å². The first kappa shape index (κ1) is 16.2. The number of halogens is 1. The molecule has 2 N–H and O–H groups in total. The molecule has 0 radical (unpaired) electrons. The van der Waals surface area contributed by atoms with E-state index < -0.39 is 6.10 Å². The number of ether oxygens (including phenoxy) is 1. The van der Waals surface area contributed by atoms with Gasteiger partial charge in [-0.15, -0.1) is 0 Å². The van der Waals surface area contributed by atoms with Crippen LogP contribution in [0.5, 0.6) is 0 Å². The monoisotopic (exact) mass is 429 g/mol. The second kappa shape index (κ2) is 6.24. The van der Waals surface area contributed by atoms with Crippen LogP contribution in [0, 0.1) is 8.99 Å². The standard InChI is InChI=1S/C18H24INO3/c19-16-12(10-21)17(11-2-6-23-7-3-11)20-13-8-18(4-1-5-18)9-14(22)15(13)16/h11,14,21-22H,1-10H2/t14-/m0/s1. The van der Waals surface area contributed by atoms with Gasteiger partial charge < -0.3 is 14.9 Å². The third kappa shape index (κ3) is 2.73. The Kier molecular flexibility index (Phi) is 4.41. The Morgan fingerprint density at radius 2 is 2.00 bits per heavy atom. The number of fused-ring (bicyclic) bond motifs is 1. The van der Waals surface area contributed by atoms with Crippen LogP contribution in [-0.2, 0) is 17.8 Å². The molecule has 4 nitrogen and oxygen atoms in total. The van der Waals surface area contributed by atoms with Crippen LogP contribution in [0.25, 0.3) is 0 Å². The number of nitrogens with zero attached hydrogens (tertiary/aromatic N) is 1. The zero-order chi connectivity index (χ0) is 16.0. The lowest BCUT2D eigenvalue weighted by molar-refractivity contribution is 0.0235. The molecule has 126 valence electrons. The summed E-state index contributed by atoms with van der Waals surface area (Å²) < 4.78 is 6.52. The van der Waals surface area contributed by atoms with E-state index in [4.69, 9.17) is 9.72 Å². The zero-order valence-corrected chi connectivity index (χ0v) is 15.5. The highest BCUT2D eigenvalue weighted by atomic mass is 127. The molecule has 3 aliphatic rings. The summed E-state index contributed by atoms with van der Waals surface area (Å²) in [5, 5.41) is 20.6. The Morgan fingerprint density at radius 1 is 1.26 bits per heavy atom. The van der Waals surface area contributed by atoms with Gasteiger partial charge in [0.25, 0.3) is 0 Å². The smallest absolute Gasteiger partial charge is 0.0823 e. The predicted molar refractivity (Wildman–Crippen MR) is 95.2 cm³/mol. The van der Waals surface area contributed by atoms with E-state index in [0.29, 0.717) is 5.92 Å². The number of pyridine rings is 1. The van der Waals surface area contributed by atoms with E-state index in [1.54, 1.807) is 0 Å². The summed E-state index contributed by atoms with van der Waals surface area (Å²) in [7, 11) is 0. The van der Waals surface area contributed by atoms with Crippen LogP contribution in [0.2, 0.25) is 0 Å². The first-order valence-corrected chi connectivity index (χ1v) is 9.79. The summed E-state index contributed by atoms with van der Waals surface area (Å²) in [5.74, 6) is 0.376. The summed E-state index contributed by atoms with van der Waals surface area (Å²) >= 11 is 2.31. The molecule has 23 heavy (non-hydrogen) atoms. The van der Waals surface area contributed by atoms with E-state index >= 15 is 0 Å². The van der Waals surface area contributed by atoms with Crippen LogP contribution < -0.4 is 0 Å². The van der Waals surface area contributed by atoms with Crippen LogP contribution in [-0.4, -0.2) is 28.4 Å². The van der Waals surface area contributed by atoms with Gasteiger partial charge in [-0.2, -0.15) is 0 Å². The molecular formula is C18H24INO3. The highest BCUT2D eigenvalue weighted by molar-refractivity contribution is 14.1. The topological polar surface area (TPSA) is 62.6 Å². The molecule has 2 aliphatic carbocycles. The number of rotatable bonds is 2. The molecule has 1 saturated carbocycles. The van der Waals surface area contributed by atoms with Gasteiger partial charge in [0.15, 0.2) is 0 Å². The summed E-state index contributed by atoms with van der Waals surface area (Å²) in [6, 6.07) is 0. The van der Waals surface area contributed by atoms with Crippen molar-refractivity contribution in [1.29, 1.82) is 0 Å². The van der Waals surface area contributed by atoms with E-state index in [1.807, 2.05) is 0 Å². The lowest BCUT2D eigenvalue weighted by Crippen LogP contribution is -2.38. The van der Waals surface area contributed by atoms with Crippen molar-refractivity contribution in [2.24, 2.45) is 5.41 Å². The first-order chi connectivity index (χ1) is 11.1. The number of aliphatic hydroxyl groups is 2. The van der Waals surface area contributed by atoms with E-state index in [0.717, 1.165) is 65.0 Å². The Labute approximate surface area is 150 Å². The largest absolute Gasteiger partial charge is 0.392 e. The van der Waals surface area contributed by atoms with Crippen molar-refractivity contribution in [3.8, 4) is 0 Å². The Morgan fingerprint density at radius 3 is 2.61 bits per heavy atom. The van der Waals surface area contributed by atoms with E-state index in [2.05, 4.69) is 22.6 Å². The van der Waals surface area contributed by atoms with Crippen molar-refractivity contribution in [2.75, 3.05) is 13.2 Å². The third-order valence-electron chi connectivity index (χ3n) is 6.06.